The summed E-state index contributed by atoms with van der Waals surface area (Å²) < 4.78 is 4.95. The molecule has 0 atom stereocenters. The Bertz CT molecular complexity index is 755. The molecule has 3 aromatic rings. The average molecular weight is 302 g/mol. The number of tetrazole rings is 1. The van der Waals surface area contributed by atoms with Crippen LogP contribution in [0, 0.1) is 0 Å². The van der Waals surface area contributed by atoms with Crippen LogP contribution in [0.25, 0.3) is 22.1 Å². The maximum absolute atomic E-state index is 11.6. The van der Waals surface area contributed by atoms with Crippen molar-refractivity contribution in [3.05, 3.63) is 29.4 Å². The number of pyridine rings is 1. The van der Waals surface area contributed by atoms with Gasteiger partial charge in [-0.3, -0.25) is 4.98 Å². The molecule has 1 N–H and O–H groups in total. The van der Waals surface area contributed by atoms with Gasteiger partial charge in [0.15, 0.2) is 0 Å². The van der Waals surface area contributed by atoms with E-state index < -0.39 is 0 Å². The normalized spacial score (nSPS) is 10.5. The van der Waals surface area contributed by atoms with E-state index in [9.17, 15) is 4.79 Å². The Morgan fingerprint density at radius 2 is 2.33 bits per heavy atom. The molecule has 3 aromatic heterocycles. The standard InChI is InChI=1S/C12H10N6O2S/c1-2-20-12(19)9-6-14-11(21-9)7-3-4-13-8(5-7)10-15-17-18-16-10/h3-6H,2H2,1H3,(H,15,16,17,18). The minimum absolute atomic E-state index is 0.337. The summed E-state index contributed by atoms with van der Waals surface area (Å²) in [6, 6.07) is 3.59. The number of ether oxygens (including phenoxy) is 1. The molecule has 21 heavy (non-hydrogen) atoms. The van der Waals surface area contributed by atoms with Gasteiger partial charge in [0.1, 0.15) is 15.6 Å². The van der Waals surface area contributed by atoms with Crippen molar-refractivity contribution in [1.82, 2.24) is 30.6 Å². The van der Waals surface area contributed by atoms with E-state index in [2.05, 4.69) is 30.6 Å². The second-order valence-corrected chi connectivity index (χ2v) is 4.95. The molecule has 0 amide bonds. The lowest BCUT2D eigenvalue weighted by molar-refractivity contribution is 0.0532. The maximum atomic E-state index is 11.6. The Morgan fingerprint density at radius 3 is 3.10 bits per heavy atom. The molecule has 106 valence electrons. The molecular weight excluding hydrogens is 292 g/mol. The predicted octanol–water partition coefficient (Wildman–Crippen LogP) is 1.56. The van der Waals surface area contributed by atoms with Crippen molar-refractivity contribution in [3.63, 3.8) is 0 Å². The van der Waals surface area contributed by atoms with E-state index in [0.29, 0.717) is 28.0 Å². The first kappa shape index (κ1) is 13.3. The summed E-state index contributed by atoms with van der Waals surface area (Å²) in [5, 5.41) is 14.3. The molecule has 0 aliphatic heterocycles. The number of hydrogen-bond donors (Lipinski definition) is 1. The summed E-state index contributed by atoms with van der Waals surface area (Å²) in [5.41, 5.74) is 1.40. The molecule has 0 radical (unpaired) electrons. The number of thiazole rings is 1. The largest absolute Gasteiger partial charge is 0.462 e. The number of carbonyl (C=O) groups is 1. The molecule has 3 rings (SSSR count). The van der Waals surface area contributed by atoms with Crippen LogP contribution in [0.5, 0.6) is 0 Å². The van der Waals surface area contributed by atoms with Crippen molar-refractivity contribution in [2.75, 3.05) is 6.61 Å². The first-order valence-corrected chi connectivity index (χ1v) is 6.92. The smallest absolute Gasteiger partial charge is 0.349 e. The minimum Gasteiger partial charge on any atom is -0.462 e. The number of hydrogen-bond acceptors (Lipinski definition) is 8. The number of carbonyl (C=O) groups excluding carboxylic acids is 1. The second kappa shape index (κ2) is 5.75. The van der Waals surface area contributed by atoms with E-state index in [0.717, 1.165) is 5.56 Å². The number of rotatable bonds is 4. The van der Waals surface area contributed by atoms with Crippen molar-refractivity contribution in [1.29, 1.82) is 0 Å². The number of aromatic nitrogens is 6. The lowest BCUT2D eigenvalue weighted by Gasteiger charge is -1.98. The Kier molecular flexibility index (Phi) is 3.65. The Balaban J connectivity index is 1.91. The van der Waals surface area contributed by atoms with Crippen LogP contribution in [-0.2, 0) is 4.74 Å². The van der Waals surface area contributed by atoms with Gasteiger partial charge >= 0.3 is 5.97 Å². The SMILES string of the molecule is CCOC(=O)c1cnc(-c2ccnc(-c3nn[nH]n3)c2)s1. The summed E-state index contributed by atoms with van der Waals surface area (Å²) in [5.74, 6) is 0.0349. The van der Waals surface area contributed by atoms with Gasteiger partial charge in [-0.2, -0.15) is 5.21 Å². The highest BCUT2D eigenvalue weighted by atomic mass is 32.1. The zero-order valence-electron chi connectivity index (χ0n) is 11.0. The average Bonchev–Trinajstić information content (AvgIpc) is 3.19. The molecule has 0 aromatic carbocycles. The highest BCUT2D eigenvalue weighted by molar-refractivity contribution is 7.16. The molecule has 0 unspecified atom stereocenters. The molecule has 0 aliphatic carbocycles. The summed E-state index contributed by atoms with van der Waals surface area (Å²) in [4.78, 5) is 20.5. The molecular formula is C12H10N6O2S. The third-order valence-electron chi connectivity index (χ3n) is 2.56. The van der Waals surface area contributed by atoms with Crippen molar-refractivity contribution in [2.45, 2.75) is 6.92 Å². The van der Waals surface area contributed by atoms with Crippen LogP contribution >= 0.6 is 11.3 Å². The van der Waals surface area contributed by atoms with Crippen molar-refractivity contribution >= 4 is 17.3 Å². The van der Waals surface area contributed by atoms with Crippen LogP contribution in [0.3, 0.4) is 0 Å². The van der Waals surface area contributed by atoms with Crippen molar-refractivity contribution in [2.24, 2.45) is 0 Å². The van der Waals surface area contributed by atoms with Crippen LogP contribution in [0.15, 0.2) is 24.5 Å². The second-order valence-electron chi connectivity index (χ2n) is 3.92. The summed E-state index contributed by atoms with van der Waals surface area (Å²) >= 11 is 1.26. The van der Waals surface area contributed by atoms with E-state index >= 15 is 0 Å². The van der Waals surface area contributed by atoms with Crippen LogP contribution < -0.4 is 0 Å². The van der Waals surface area contributed by atoms with Gasteiger partial charge in [0, 0.05) is 11.8 Å². The third-order valence-corrected chi connectivity index (χ3v) is 3.59. The fraction of sp³-hybridized carbons (Fsp3) is 0.167. The minimum atomic E-state index is -0.367. The zero-order valence-corrected chi connectivity index (χ0v) is 11.8. The van der Waals surface area contributed by atoms with E-state index in [1.165, 1.54) is 17.5 Å². The molecule has 8 nitrogen and oxygen atoms in total. The van der Waals surface area contributed by atoms with E-state index in [4.69, 9.17) is 4.74 Å². The molecule has 0 fully saturated rings. The topological polar surface area (TPSA) is 107 Å². The van der Waals surface area contributed by atoms with Crippen molar-refractivity contribution in [3.8, 4) is 22.1 Å². The molecule has 0 spiro atoms. The number of esters is 1. The van der Waals surface area contributed by atoms with Crippen LogP contribution in [0.2, 0.25) is 0 Å². The van der Waals surface area contributed by atoms with Crippen molar-refractivity contribution < 1.29 is 9.53 Å². The molecule has 0 aliphatic rings. The Hall–Kier alpha value is -2.68. The van der Waals surface area contributed by atoms with Gasteiger partial charge in [0.05, 0.1) is 12.8 Å². The zero-order chi connectivity index (χ0) is 14.7. The molecule has 0 bridgehead atoms. The number of nitrogens with one attached hydrogen (secondary N) is 1. The quantitative estimate of drug-likeness (QED) is 0.729. The lowest BCUT2D eigenvalue weighted by Crippen LogP contribution is -2.01. The van der Waals surface area contributed by atoms with Gasteiger partial charge in [0.2, 0.25) is 5.82 Å². The highest BCUT2D eigenvalue weighted by Gasteiger charge is 2.14. The number of nitrogens with zero attached hydrogens (tertiary/aromatic N) is 5. The fourth-order valence-corrected chi connectivity index (χ4v) is 2.47. The fourth-order valence-electron chi connectivity index (χ4n) is 1.66. The van der Waals surface area contributed by atoms with Crippen LogP contribution in [0.4, 0.5) is 0 Å². The van der Waals surface area contributed by atoms with Crippen LogP contribution in [-0.4, -0.2) is 43.2 Å². The number of aromatic amines is 1. The number of H-pyrrole nitrogens is 1. The summed E-state index contributed by atoms with van der Waals surface area (Å²) in [6.45, 7) is 2.10. The maximum Gasteiger partial charge on any atom is 0.349 e. The summed E-state index contributed by atoms with van der Waals surface area (Å²) in [7, 11) is 0. The van der Waals surface area contributed by atoms with Gasteiger partial charge in [-0.15, -0.1) is 21.5 Å². The Morgan fingerprint density at radius 1 is 1.43 bits per heavy atom. The van der Waals surface area contributed by atoms with Gasteiger partial charge < -0.3 is 4.74 Å². The van der Waals surface area contributed by atoms with Crippen LogP contribution in [0.1, 0.15) is 16.6 Å². The molecule has 0 saturated heterocycles. The molecule has 3 heterocycles. The van der Waals surface area contributed by atoms with E-state index in [1.54, 1.807) is 25.3 Å². The monoisotopic (exact) mass is 302 g/mol. The highest BCUT2D eigenvalue weighted by Crippen LogP contribution is 2.27. The lowest BCUT2D eigenvalue weighted by atomic mass is 10.2. The molecule has 0 saturated carbocycles. The van der Waals surface area contributed by atoms with E-state index in [-0.39, 0.29) is 5.97 Å². The van der Waals surface area contributed by atoms with Gasteiger partial charge in [0.25, 0.3) is 0 Å². The summed E-state index contributed by atoms with van der Waals surface area (Å²) in [6.07, 6.45) is 3.14. The molecule has 9 heteroatoms. The van der Waals surface area contributed by atoms with Gasteiger partial charge in [-0.1, -0.05) is 0 Å². The first-order valence-electron chi connectivity index (χ1n) is 6.11. The van der Waals surface area contributed by atoms with Gasteiger partial charge in [-0.05, 0) is 24.3 Å². The first-order chi connectivity index (χ1) is 10.3. The predicted molar refractivity (Wildman–Crippen MR) is 74.5 cm³/mol. The Labute approximate surface area is 123 Å². The third kappa shape index (κ3) is 2.77. The van der Waals surface area contributed by atoms with Gasteiger partial charge in [-0.25, -0.2) is 9.78 Å². The van der Waals surface area contributed by atoms with E-state index in [1.807, 2.05) is 0 Å².